The maximum absolute atomic E-state index is 10.6. The highest BCUT2D eigenvalue weighted by molar-refractivity contribution is 5.66. The standard InChI is InChI=1S/3C15H10N2O3/c3*16-11-10-15(12-4-2-1-3-5-12)20-14-8-6-13(7-9-14)17(18)19/h3*1-10H/b3*15-10+. The second-order valence-corrected chi connectivity index (χ2v) is 11.6. The molecule has 0 atom stereocenters. The fourth-order valence-corrected chi connectivity index (χ4v) is 4.79. The van der Waals surface area contributed by atoms with E-state index in [2.05, 4.69) is 0 Å². The minimum Gasteiger partial charge on any atom is -0.456 e. The predicted molar refractivity (Wildman–Crippen MR) is 221 cm³/mol. The lowest BCUT2D eigenvalue weighted by Gasteiger charge is -2.08. The fraction of sp³-hybridized carbons (Fsp3) is 0. The van der Waals surface area contributed by atoms with Gasteiger partial charge in [0.1, 0.15) is 34.5 Å². The molecular formula is C45H30N6O9. The van der Waals surface area contributed by atoms with E-state index in [9.17, 15) is 30.3 Å². The molecule has 294 valence electrons. The number of nitro benzene ring substituents is 3. The van der Waals surface area contributed by atoms with Gasteiger partial charge in [-0.25, -0.2) is 0 Å². The molecule has 6 rings (SSSR count). The van der Waals surface area contributed by atoms with Crippen LogP contribution in [0.5, 0.6) is 17.2 Å². The van der Waals surface area contributed by atoms with Crippen LogP contribution in [0, 0.1) is 64.3 Å². The van der Waals surface area contributed by atoms with Crippen molar-refractivity contribution in [2.24, 2.45) is 0 Å². The largest absolute Gasteiger partial charge is 0.456 e. The van der Waals surface area contributed by atoms with Crippen LogP contribution in [0.15, 0.2) is 182 Å². The average molecular weight is 799 g/mol. The predicted octanol–water partition coefficient (Wildman–Crippen LogP) is 10.6. The Morgan fingerprint density at radius 3 is 0.783 bits per heavy atom. The molecule has 0 aliphatic rings. The molecule has 0 spiro atoms. The Kier molecular flexibility index (Phi) is 16.5. The van der Waals surface area contributed by atoms with E-state index in [1.54, 1.807) is 0 Å². The number of nitriles is 3. The van der Waals surface area contributed by atoms with Crippen molar-refractivity contribution in [3.63, 3.8) is 0 Å². The first-order valence-corrected chi connectivity index (χ1v) is 17.3. The highest BCUT2D eigenvalue weighted by Crippen LogP contribution is 2.26. The van der Waals surface area contributed by atoms with Gasteiger partial charge in [0.25, 0.3) is 17.1 Å². The van der Waals surface area contributed by atoms with Crippen LogP contribution in [0.1, 0.15) is 16.7 Å². The van der Waals surface area contributed by atoms with E-state index < -0.39 is 14.8 Å². The molecule has 0 N–H and O–H groups in total. The first-order chi connectivity index (χ1) is 29.1. The molecular weight excluding hydrogens is 769 g/mol. The molecule has 15 nitrogen and oxygen atoms in total. The molecule has 0 aliphatic carbocycles. The van der Waals surface area contributed by atoms with E-state index in [1.807, 2.05) is 109 Å². The monoisotopic (exact) mass is 798 g/mol. The summed E-state index contributed by atoms with van der Waals surface area (Å²) in [6, 6.07) is 50.3. The quantitative estimate of drug-likeness (QED) is 0.0487. The SMILES string of the molecule is N#C/C=C(/Oc1ccc([N+](=O)[O-])cc1)c1ccccc1.N#C/C=C(/Oc1ccc([N+](=O)[O-])cc1)c1ccccc1.N#C/C=C(/Oc1ccc([N+](=O)[O-])cc1)c1ccccc1. The third kappa shape index (κ3) is 13.7. The molecule has 0 fully saturated rings. The van der Waals surface area contributed by atoms with Gasteiger partial charge in [0.15, 0.2) is 0 Å². The second kappa shape index (κ2) is 22.9. The number of hydrogen-bond donors (Lipinski definition) is 0. The molecule has 0 bridgehead atoms. The normalized spacial score (nSPS) is 10.7. The Hall–Kier alpha value is -9.39. The molecule has 6 aromatic carbocycles. The lowest BCUT2D eigenvalue weighted by molar-refractivity contribution is -0.385. The third-order valence-corrected chi connectivity index (χ3v) is 7.59. The Balaban J connectivity index is 0.000000198. The van der Waals surface area contributed by atoms with Crippen molar-refractivity contribution in [1.29, 1.82) is 15.8 Å². The number of ether oxygens (including phenoxy) is 3. The zero-order valence-electron chi connectivity index (χ0n) is 31.2. The number of allylic oxidation sites excluding steroid dienone is 3. The van der Waals surface area contributed by atoms with Crippen LogP contribution in [0.2, 0.25) is 0 Å². The number of nitro groups is 3. The molecule has 0 saturated carbocycles. The summed E-state index contributed by atoms with van der Waals surface area (Å²) in [6.07, 6.45) is 3.87. The molecule has 0 heterocycles. The van der Waals surface area contributed by atoms with Gasteiger partial charge in [-0.05, 0) is 36.4 Å². The van der Waals surface area contributed by atoms with E-state index >= 15 is 0 Å². The van der Waals surface area contributed by atoms with Crippen LogP contribution < -0.4 is 14.2 Å². The molecule has 0 amide bonds. The van der Waals surface area contributed by atoms with Crippen LogP contribution in [0.3, 0.4) is 0 Å². The van der Waals surface area contributed by atoms with Gasteiger partial charge in [-0.15, -0.1) is 0 Å². The van der Waals surface area contributed by atoms with Crippen LogP contribution in [0.4, 0.5) is 17.1 Å². The van der Waals surface area contributed by atoms with E-state index in [0.29, 0.717) is 34.5 Å². The molecule has 0 unspecified atom stereocenters. The first kappa shape index (κ1) is 43.3. The smallest absolute Gasteiger partial charge is 0.269 e. The average Bonchev–Trinajstić information content (AvgIpc) is 3.28. The maximum Gasteiger partial charge on any atom is 0.269 e. The van der Waals surface area contributed by atoms with Gasteiger partial charge in [-0.3, -0.25) is 30.3 Å². The van der Waals surface area contributed by atoms with Crippen molar-refractivity contribution in [1.82, 2.24) is 0 Å². The molecule has 60 heavy (non-hydrogen) atoms. The van der Waals surface area contributed by atoms with Gasteiger partial charge >= 0.3 is 0 Å². The maximum atomic E-state index is 10.6. The summed E-state index contributed by atoms with van der Waals surface area (Å²) in [5.74, 6) is 2.47. The zero-order chi connectivity index (χ0) is 43.1. The van der Waals surface area contributed by atoms with Crippen molar-refractivity contribution < 1.29 is 29.0 Å². The lowest BCUT2D eigenvalue weighted by Crippen LogP contribution is -1.95. The van der Waals surface area contributed by atoms with Gasteiger partial charge in [0, 0.05) is 53.1 Å². The molecule has 0 radical (unpaired) electrons. The second-order valence-electron chi connectivity index (χ2n) is 11.6. The van der Waals surface area contributed by atoms with E-state index in [4.69, 9.17) is 30.0 Å². The summed E-state index contributed by atoms with van der Waals surface area (Å²) in [4.78, 5) is 30.3. The van der Waals surface area contributed by atoms with Gasteiger partial charge in [0.05, 0.1) is 51.2 Å². The Morgan fingerprint density at radius 2 is 0.600 bits per heavy atom. The molecule has 6 aromatic rings. The van der Waals surface area contributed by atoms with Gasteiger partial charge in [0.2, 0.25) is 0 Å². The van der Waals surface area contributed by atoms with Crippen LogP contribution >= 0.6 is 0 Å². The molecule has 0 aromatic heterocycles. The van der Waals surface area contributed by atoms with Crippen molar-refractivity contribution in [2.45, 2.75) is 0 Å². The van der Waals surface area contributed by atoms with E-state index in [1.165, 1.54) is 91.0 Å². The van der Waals surface area contributed by atoms with Crippen molar-refractivity contribution in [3.05, 3.63) is 229 Å². The van der Waals surface area contributed by atoms with E-state index in [-0.39, 0.29) is 17.1 Å². The molecule has 0 aliphatic heterocycles. The Labute approximate surface area is 342 Å². The number of rotatable bonds is 12. The van der Waals surface area contributed by atoms with Crippen molar-refractivity contribution in [2.75, 3.05) is 0 Å². The molecule has 15 heteroatoms. The summed E-state index contributed by atoms with van der Waals surface area (Å²) in [5.41, 5.74) is 2.24. The molecule has 0 saturated heterocycles. The lowest BCUT2D eigenvalue weighted by atomic mass is 10.2. The summed E-state index contributed by atoms with van der Waals surface area (Å²) >= 11 is 0. The van der Waals surface area contributed by atoms with Crippen molar-refractivity contribution in [3.8, 4) is 35.5 Å². The third-order valence-electron chi connectivity index (χ3n) is 7.59. The van der Waals surface area contributed by atoms with E-state index in [0.717, 1.165) is 16.7 Å². The van der Waals surface area contributed by atoms with Gasteiger partial charge in [-0.1, -0.05) is 91.0 Å². The number of nitrogens with zero attached hydrogens (tertiary/aromatic N) is 6. The first-order valence-electron chi connectivity index (χ1n) is 17.3. The highest BCUT2D eigenvalue weighted by Gasteiger charge is 2.10. The summed E-state index contributed by atoms with van der Waals surface area (Å²) < 4.78 is 16.8. The number of non-ortho nitro benzene ring substituents is 3. The van der Waals surface area contributed by atoms with Gasteiger partial charge in [-0.2, -0.15) is 15.8 Å². The number of hydrogen-bond acceptors (Lipinski definition) is 12. The summed E-state index contributed by atoms with van der Waals surface area (Å²) in [5, 5.41) is 58.1. The van der Waals surface area contributed by atoms with Crippen molar-refractivity contribution >= 4 is 34.3 Å². The summed E-state index contributed by atoms with van der Waals surface area (Å²) in [6.45, 7) is 0. The van der Waals surface area contributed by atoms with Crippen LogP contribution in [-0.2, 0) is 0 Å². The topological polar surface area (TPSA) is 228 Å². The Bertz CT molecular complexity index is 2300. The highest BCUT2D eigenvalue weighted by atomic mass is 16.6. The van der Waals surface area contributed by atoms with Crippen LogP contribution in [-0.4, -0.2) is 14.8 Å². The van der Waals surface area contributed by atoms with Gasteiger partial charge < -0.3 is 14.2 Å². The fourth-order valence-electron chi connectivity index (χ4n) is 4.79. The number of benzene rings is 6. The summed E-state index contributed by atoms with van der Waals surface area (Å²) in [7, 11) is 0. The minimum absolute atomic E-state index is 0.0112. The van der Waals surface area contributed by atoms with Crippen LogP contribution in [0.25, 0.3) is 17.3 Å². The Morgan fingerprint density at radius 1 is 0.383 bits per heavy atom. The zero-order valence-corrected chi connectivity index (χ0v) is 31.2. The minimum atomic E-state index is -0.479.